The third kappa shape index (κ3) is 3.29. The zero-order valence-electron chi connectivity index (χ0n) is 15.8. The first-order valence-electron chi connectivity index (χ1n) is 9.11. The number of halogens is 1. The molecule has 0 saturated heterocycles. The minimum Gasteiger partial charge on any atom is -0.317 e. The lowest BCUT2D eigenvalue weighted by atomic mass is 9.90. The Kier molecular flexibility index (Phi) is 4.68. The first-order valence-corrected chi connectivity index (χ1v) is 9.11. The Hall–Kier alpha value is -3.80. The fraction of sp³-hybridized carbons (Fsp3) is 0.250. The van der Waals surface area contributed by atoms with Gasteiger partial charge in [-0.2, -0.15) is 10.4 Å². The Balaban J connectivity index is 1.62. The second-order valence-electron chi connectivity index (χ2n) is 6.93. The van der Waals surface area contributed by atoms with Crippen molar-refractivity contribution in [2.24, 2.45) is 0 Å². The van der Waals surface area contributed by atoms with Crippen molar-refractivity contribution in [3.05, 3.63) is 59.3 Å². The van der Waals surface area contributed by atoms with Crippen molar-refractivity contribution in [3.63, 3.8) is 0 Å². The number of aromatic amines is 1. The summed E-state index contributed by atoms with van der Waals surface area (Å²) in [6, 6.07) is 6.95. The summed E-state index contributed by atoms with van der Waals surface area (Å²) >= 11 is 0. The van der Waals surface area contributed by atoms with E-state index in [-0.39, 0.29) is 23.6 Å². The fourth-order valence-corrected chi connectivity index (χ4v) is 3.48. The van der Waals surface area contributed by atoms with Gasteiger partial charge >= 0.3 is 6.03 Å². The van der Waals surface area contributed by atoms with Gasteiger partial charge in [0.25, 0.3) is 0 Å². The van der Waals surface area contributed by atoms with Crippen LogP contribution in [0.25, 0.3) is 11.5 Å². The first-order chi connectivity index (χ1) is 14.0. The number of aromatic nitrogens is 4. The Morgan fingerprint density at radius 3 is 2.83 bits per heavy atom. The lowest BCUT2D eigenvalue weighted by molar-refractivity contribution is 0.171. The summed E-state index contributed by atoms with van der Waals surface area (Å²) in [5.41, 5.74) is 2.68. The number of amides is 2. The zero-order valence-corrected chi connectivity index (χ0v) is 15.8. The van der Waals surface area contributed by atoms with Crippen LogP contribution in [0.2, 0.25) is 0 Å². The monoisotopic (exact) mass is 391 g/mol. The van der Waals surface area contributed by atoms with Crippen molar-refractivity contribution in [1.29, 1.82) is 5.26 Å². The van der Waals surface area contributed by atoms with Crippen molar-refractivity contribution in [2.75, 3.05) is 5.32 Å². The summed E-state index contributed by atoms with van der Waals surface area (Å²) in [6.45, 7) is 4.28. The SMILES string of the molecule is C[C@@H]1c2n[nH]c(-c3ncccn3)c2CN(C(=O)Nc2ccc(F)c(C#N)c2)[C@H]1C. The van der Waals surface area contributed by atoms with Gasteiger partial charge in [0.1, 0.15) is 17.6 Å². The second-order valence-corrected chi connectivity index (χ2v) is 6.93. The first kappa shape index (κ1) is 18.6. The van der Waals surface area contributed by atoms with E-state index in [0.717, 1.165) is 17.3 Å². The summed E-state index contributed by atoms with van der Waals surface area (Å²) < 4.78 is 13.5. The third-order valence-electron chi connectivity index (χ3n) is 5.26. The summed E-state index contributed by atoms with van der Waals surface area (Å²) in [7, 11) is 0. The topological polar surface area (TPSA) is 111 Å². The van der Waals surface area contributed by atoms with Crippen LogP contribution in [-0.4, -0.2) is 37.1 Å². The normalized spacial score (nSPS) is 18.1. The summed E-state index contributed by atoms with van der Waals surface area (Å²) in [6.07, 6.45) is 3.30. The molecule has 0 saturated carbocycles. The number of benzene rings is 1. The van der Waals surface area contributed by atoms with E-state index in [9.17, 15) is 9.18 Å². The number of rotatable bonds is 2. The molecule has 2 N–H and O–H groups in total. The summed E-state index contributed by atoms with van der Waals surface area (Å²) in [4.78, 5) is 23.2. The van der Waals surface area contributed by atoms with E-state index in [1.807, 2.05) is 13.8 Å². The molecule has 2 atom stereocenters. The number of hydrogen-bond donors (Lipinski definition) is 2. The zero-order chi connectivity index (χ0) is 20.5. The van der Waals surface area contributed by atoms with Crippen LogP contribution in [0.15, 0.2) is 36.7 Å². The van der Waals surface area contributed by atoms with Crippen LogP contribution in [-0.2, 0) is 6.54 Å². The summed E-state index contributed by atoms with van der Waals surface area (Å²) in [5.74, 6) is -0.123. The van der Waals surface area contributed by atoms with E-state index in [2.05, 4.69) is 25.5 Å². The molecule has 0 aliphatic carbocycles. The molecule has 1 aromatic carbocycles. The van der Waals surface area contributed by atoms with Crippen LogP contribution in [0.1, 0.15) is 36.6 Å². The number of fused-ring (bicyclic) bond motifs is 1. The van der Waals surface area contributed by atoms with E-state index in [0.29, 0.717) is 23.8 Å². The molecule has 2 aromatic heterocycles. The number of hydrogen-bond acceptors (Lipinski definition) is 5. The largest absolute Gasteiger partial charge is 0.322 e. The Labute approximate surface area is 166 Å². The molecule has 0 fully saturated rings. The van der Waals surface area contributed by atoms with Gasteiger partial charge in [0.2, 0.25) is 0 Å². The van der Waals surface area contributed by atoms with Crippen LogP contribution < -0.4 is 5.32 Å². The van der Waals surface area contributed by atoms with Gasteiger partial charge in [-0.25, -0.2) is 19.2 Å². The third-order valence-corrected chi connectivity index (χ3v) is 5.26. The molecule has 1 aliphatic rings. The lowest BCUT2D eigenvalue weighted by Gasteiger charge is -2.37. The highest BCUT2D eigenvalue weighted by Gasteiger charge is 2.36. The molecule has 0 spiro atoms. The van der Waals surface area contributed by atoms with Crippen LogP contribution >= 0.6 is 0 Å². The molecule has 29 heavy (non-hydrogen) atoms. The molecule has 0 unspecified atom stereocenters. The van der Waals surface area contributed by atoms with Crippen LogP contribution in [0.4, 0.5) is 14.9 Å². The highest BCUT2D eigenvalue weighted by atomic mass is 19.1. The fourth-order valence-electron chi connectivity index (χ4n) is 3.48. The molecule has 0 bridgehead atoms. The van der Waals surface area contributed by atoms with Crippen molar-refractivity contribution in [3.8, 4) is 17.6 Å². The van der Waals surface area contributed by atoms with Gasteiger partial charge in [-0.1, -0.05) is 6.92 Å². The minimum atomic E-state index is -0.624. The number of anilines is 1. The molecule has 4 rings (SSSR count). The van der Waals surface area contributed by atoms with E-state index in [4.69, 9.17) is 5.26 Å². The van der Waals surface area contributed by atoms with Crippen molar-refractivity contribution in [1.82, 2.24) is 25.1 Å². The quantitative estimate of drug-likeness (QED) is 0.695. The summed E-state index contributed by atoms with van der Waals surface area (Å²) in [5, 5.41) is 19.2. The predicted molar refractivity (Wildman–Crippen MR) is 103 cm³/mol. The minimum absolute atomic E-state index is 0.0129. The Morgan fingerprint density at radius 2 is 2.10 bits per heavy atom. The molecule has 3 heterocycles. The van der Waals surface area contributed by atoms with E-state index in [1.165, 1.54) is 12.1 Å². The highest BCUT2D eigenvalue weighted by molar-refractivity contribution is 5.90. The lowest BCUT2D eigenvalue weighted by Crippen LogP contribution is -2.46. The maximum absolute atomic E-state index is 13.5. The molecule has 3 aromatic rings. The molecule has 146 valence electrons. The van der Waals surface area contributed by atoms with Crippen LogP contribution in [0.3, 0.4) is 0 Å². The van der Waals surface area contributed by atoms with Gasteiger partial charge in [-0.05, 0) is 31.2 Å². The number of carbonyl (C=O) groups is 1. The van der Waals surface area contributed by atoms with Gasteiger partial charge < -0.3 is 10.2 Å². The number of carbonyl (C=O) groups excluding carboxylic acids is 1. The van der Waals surface area contributed by atoms with Crippen molar-refractivity contribution >= 4 is 11.7 Å². The number of nitrogens with zero attached hydrogens (tertiary/aromatic N) is 5. The van der Waals surface area contributed by atoms with Crippen molar-refractivity contribution in [2.45, 2.75) is 32.4 Å². The molecular weight excluding hydrogens is 373 g/mol. The van der Waals surface area contributed by atoms with E-state index < -0.39 is 5.82 Å². The second kappa shape index (κ2) is 7.31. The number of urea groups is 1. The van der Waals surface area contributed by atoms with Crippen LogP contribution in [0, 0.1) is 17.1 Å². The van der Waals surface area contributed by atoms with Gasteiger partial charge in [0, 0.05) is 35.6 Å². The van der Waals surface area contributed by atoms with Gasteiger partial charge in [-0.3, -0.25) is 5.10 Å². The maximum atomic E-state index is 13.5. The average molecular weight is 391 g/mol. The Bertz CT molecular complexity index is 1110. The van der Waals surface area contributed by atoms with E-state index >= 15 is 0 Å². The van der Waals surface area contributed by atoms with Crippen LogP contribution in [0.5, 0.6) is 0 Å². The number of H-pyrrole nitrogens is 1. The molecule has 1 aliphatic heterocycles. The van der Waals surface area contributed by atoms with Gasteiger partial charge in [-0.15, -0.1) is 0 Å². The van der Waals surface area contributed by atoms with E-state index in [1.54, 1.807) is 29.4 Å². The maximum Gasteiger partial charge on any atom is 0.322 e. The average Bonchev–Trinajstić information content (AvgIpc) is 3.16. The molecule has 0 radical (unpaired) electrons. The number of nitrogens with one attached hydrogen (secondary N) is 2. The van der Waals surface area contributed by atoms with Crippen molar-refractivity contribution < 1.29 is 9.18 Å². The van der Waals surface area contributed by atoms with Gasteiger partial charge in [0.15, 0.2) is 5.82 Å². The highest BCUT2D eigenvalue weighted by Crippen LogP contribution is 2.36. The Morgan fingerprint density at radius 1 is 1.34 bits per heavy atom. The van der Waals surface area contributed by atoms with Gasteiger partial charge in [0.05, 0.1) is 17.8 Å². The number of nitriles is 1. The molecular formula is C20H18FN7O. The smallest absolute Gasteiger partial charge is 0.317 e. The predicted octanol–water partition coefficient (Wildman–Crippen LogP) is 3.42. The standard InChI is InChI=1S/C20H18FN7O/c1-11-12(2)28(20(29)25-14-4-5-16(21)13(8-14)9-22)10-15-17(11)26-27-18(15)19-23-6-3-7-24-19/h3-8,11-12H,10H2,1-2H3,(H,25,29)(H,26,27)/t11-,12-/m0/s1. The molecule has 8 nitrogen and oxygen atoms in total. The molecule has 9 heteroatoms. The molecule has 2 amide bonds.